The molecule has 0 aromatic heterocycles. The first-order valence-electron chi connectivity index (χ1n) is 12.4. The van der Waals surface area contributed by atoms with Crippen molar-refractivity contribution in [2.24, 2.45) is 5.92 Å². The van der Waals surface area contributed by atoms with Crippen LogP contribution in [-0.4, -0.2) is 53.7 Å². The minimum absolute atomic E-state index is 0.0149. The van der Waals surface area contributed by atoms with Crippen LogP contribution in [0.15, 0.2) is 48.5 Å². The Hall–Kier alpha value is -3.35. The van der Waals surface area contributed by atoms with Crippen molar-refractivity contribution in [3.05, 3.63) is 59.7 Å². The Bertz CT molecular complexity index is 1050. The number of hydrogen-bond acceptors (Lipinski definition) is 4. The normalized spacial score (nSPS) is 16.1. The number of nitrogens with zero attached hydrogens (tertiary/aromatic N) is 1. The molecule has 2 amide bonds. The number of carbonyl (C=O) groups is 3. The van der Waals surface area contributed by atoms with Gasteiger partial charge in [0.05, 0.1) is 12.0 Å². The first-order chi connectivity index (χ1) is 16.8. The zero-order chi connectivity index (χ0) is 25.0. The second-order valence-electron chi connectivity index (χ2n) is 9.99. The van der Waals surface area contributed by atoms with E-state index in [1.807, 2.05) is 31.2 Å². The Morgan fingerprint density at radius 3 is 2.20 bits per heavy atom. The van der Waals surface area contributed by atoms with Crippen LogP contribution in [-0.2, 0) is 14.3 Å². The summed E-state index contributed by atoms with van der Waals surface area (Å²) in [5, 5.41) is 11.8. The summed E-state index contributed by atoms with van der Waals surface area (Å²) in [5.41, 5.74) is 4.00. The Kier molecular flexibility index (Phi) is 7.43. The topological polar surface area (TPSA) is 95.9 Å². The molecular formula is C28H34N2O5. The molecule has 0 heterocycles. The Morgan fingerprint density at radius 1 is 1.03 bits per heavy atom. The van der Waals surface area contributed by atoms with Crippen LogP contribution in [0, 0.1) is 5.92 Å². The molecule has 0 saturated heterocycles. The molecule has 0 bridgehead atoms. The first kappa shape index (κ1) is 24.8. The van der Waals surface area contributed by atoms with Crippen LogP contribution in [0.4, 0.5) is 4.79 Å². The summed E-state index contributed by atoms with van der Waals surface area (Å²) in [7, 11) is 1.73. The average molecular weight is 479 g/mol. The average Bonchev–Trinajstić information content (AvgIpc) is 3.64. The number of rotatable bonds is 11. The second kappa shape index (κ2) is 10.5. The fourth-order valence-electron chi connectivity index (χ4n) is 5.08. The molecule has 7 heteroatoms. The molecule has 2 aliphatic carbocycles. The van der Waals surface area contributed by atoms with Gasteiger partial charge < -0.3 is 20.1 Å². The third-order valence-corrected chi connectivity index (χ3v) is 7.29. The van der Waals surface area contributed by atoms with Crippen LogP contribution in [0.3, 0.4) is 0 Å². The third kappa shape index (κ3) is 5.84. The highest BCUT2D eigenvalue weighted by Gasteiger charge is 2.45. The van der Waals surface area contributed by atoms with Crippen LogP contribution < -0.4 is 5.32 Å². The van der Waals surface area contributed by atoms with Gasteiger partial charge in [0, 0.05) is 25.9 Å². The Labute approximate surface area is 206 Å². The zero-order valence-corrected chi connectivity index (χ0v) is 20.5. The molecule has 2 aliphatic rings. The predicted octanol–water partition coefficient (Wildman–Crippen LogP) is 4.80. The molecule has 2 N–H and O–H groups in total. The molecule has 0 spiro atoms. The Balaban J connectivity index is 1.34. The lowest BCUT2D eigenvalue weighted by Crippen LogP contribution is -2.51. The number of amides is 2. The summed E-state index contributed by atoms with van der Waals surface area (Å²) in [6.07, 6.45) is 2.89. The monoisotopic (exact) mass is 478 g/mol. The minimum atomic E-state index is -0.826. The molecule has 35 heavy (non-hydrogen) atoms. The first-order valence-corrected chi connectivity index (χ1v) is 12.4. The lowest BCUT2D eigenvalue weighted by Gasteiger charge is -2.32. The number of carboxylic acid groups (broad SMARTS) is 1. The molecule has 1 unspecified atom stereocenters. The van der Waals surface area contributed by atoms with Crippen molar-refractivity contribution >= 4 is 18.0 Å². The van der Waals surface area contributed by atoms with Crippen LogP contribution in [0.5, 0.6) is 0 Å². The smallest absolute Gasteiger partial charge is 0.407 e. The van der Waals surface area contributed by atoms with Gasteiger partial charge in [0.2, 0.25) is 5.91 Å². The minimum Gasteiger partial charge on any atom is -0.481 e. The largest absolute Gasteiger partial charge is 0.481 e. The quantitative estimate of drug-likeness (QED) is 0.453. The number of hydrogen-bond donors (Lipinski definition) is 2. The number of carbonyl (C=O) groups excluding carboxylic acids is 2. The molecule has 1 atom stereocenters. The fourth-order valence-corrected chi connectivity index (χ4v) is 5.08. The number of aliphatic carboxylic acids is 1. The summed E-state index contributed by atoms with van der Waals surface area (Å²) in [5.74, 6) is -0.660. The number of ether oxygens (including phenoxy) is 1. The molecule has 2 aromatic rings. The van der Waals surface area contributed by atoms with E-state index < -0.39 is 17.6 Å². The van der Waals surface area contributed by atoms with E-state index in [9.17, 15) is 14.4 Å². The van der Waals surface area contributed by atoms with E-state index in [1.54, 1.807) is 11.9 Å². The van der Waals surface area contributed by atoms with Gasteiger partial charge in [0.15, 0.2) is 0 Å². The molecule has 1 fully saturated rings. The van der Waals surface area contributed by atoms with E-state index >= 15 is 0 Å². The lowest BCUT2D eigenvalue weighted by atomic mass is 9.91. The maximum Gasteiger partial charge on any atom is 0.407 e. The molecule has 1 saturated carbocycles. The summed E-state index contributed by atoms with van der Waals surface area (Å²) in [6, 6.07) is 16.4. The van der Waals surface area contributed by atoms with Crippen LogP contribution in [0.2, 0.25) is 0 Å². The third-order valence-electron chi connectivity index (χ3n) is 7.29. The standard InChI is InChI=1S/C28H34N2O5/c1-28(19-14-15-19,17-25(31)30(2)16-8-7-13-26(32)33)29-27(34)35-18-24-22-11-5-3-9-20(22)21-10-4-6-12-23(21)24/h3-6,9-12,19,24H,7-8,13-18H2,1-2H3,(H,29,34)(H,32,33). The lowest BCUT2D eigenvalue weighted by molar-refractivity contribution is -0.137. The molecule has 186 valence electrons. The second-order valence-corrected chi connectivity index (χ2v) is 9.99. The zero-order valence-electron chi connectivity index (χ0n) is 20.5. The van der Waals surface area contributed by atoms with E-state index in [0.717, 1.165) is 24.0 Å². The summed E-state index contributed by atoms with van der Waals surface area (Å²) in [4.78, 5) is 38.0. The molecule has 7 nitrogen and oxygen atoms in total. The summed E-state index contributed by atoms with van der Waals surface area (Å²) >= 11 is 0. The van der Waals surface area contributed by atoms with Crippen LogP contribution >= 0.6 is 0 Å². The fraction of sp³-hybridized carbons (Fsp3) is 0.464. The van der Waals surface area contributed by atoms with E-state index in [1.165, 1.54) is 11.1 Å². The van der Waals surface area contributed by atoms with Gasteiger partial charge in [-0.3, -0.25) is 9.59 Å². The number of nitrogens with one attached hydrogen (secondary N) is 1. The van der Waals surface area contributed by atoms with Gasteiger partial charge in [-0.2, -0.15) is 0 Å². The Morgan fingerprint density at radius 2 is 1.63 bits per heavy atom. The summed E-state index contributed by atoms with van der Waals surface area (Å²) < 4.78 is 5.73. The van der Waals surface area contributed by atoms with Gasteiger partial charge in [-0.25, -0.2) is 4.79 Å². The van der Waals surface area contributed by atoms with Gasteiger partial charge in [-0.15, -0.1) is 0 Å². The van der Waals surface area contributed by atoms with Gasteiger partial charge in [0.25, 0.3) is 0 Å². The maximum absolute atomic E-state index is 12.9. The molecular weight excluding hydrogens is 444 g/mol. The van der Waals surface area contributed by atoms with Crippen molar-refractivity contribution in [1.82, 2.24) is 10.2 Å². The molecule has 0 radical (unpaired) electrons. The van der Waals surface area contributed by atoms with Crippen LogP contribution in [0.1, 0.15) is 62.5 Å². The maximum atomic E-state index is 12.9. The van der Waals surface area contributed by atoms with Crippen molar-refractivity contribution in [3.8, 4) is 11.1 Å². The van der Waals surface area contributed by atoms with Gasteiger partial charge >= 0.3 is 12.1 Å². The van der Waals surface area contributed by atoms with Gasteiger partial charge in [-0.1, -0.05) is 48.5 Å². The number of alkyl carbamates (subject to hydrolysis) is 1. The number of benzene rings is 2. The van der Waals surface area contributed by atoms with E-state index in [4.69, 9.17) is 9.84 Å². The SMILES string of the molecule is CN(CCCCC(=O)O)C(=O)CC(C)(NC(=O)OCC1c2ccccc2-c2ccccc21)C1CC1. The van der Waals surface area contributed by atoms with Gasteiger partial charge in [-0.05, 0) is 60.8 Å². The van der Waals surface area contributed by atoms with Crippen molar-refractivity contribution in [1.29, 1.82) is 0 Å². The predicted molar refractivity (Wildman–Crippen MR) is 133 cm³/mol. The molecule has 4 rings (SSSR count). The van der Waals surface area contributed by atoms with Gasteiger partial charge in [0.1, 0.15) is 6.61 Å². The van der Waals surface area contributed by atoms with E-state index in [-0.39, 0.29) is 37.2 Å². The van der Waals surface area contributed by atoms with E-state index in [2.05, 4.69) is 29.6 Å². The number of fused-ring (bicyclic) bond motifs is 3. The number of unbranched alkanes of at least 4 members (excludes halogenated alkanes) is 1. The van der Waals surface area contributed by atoms with Crippen LogP contribution in [0.25, 0.3) is 11.1 Å². The molecule has 2 aromatic carbocycles. The van der Waals surface area contributed by atoms with Crippen molar-refractivity contribution < 1.29 is 24.2 Å². The highest BCUT2D eigenvalue weighted by molar-refractivity contribution is 5.80. The van der Waals surface area contributed by atoms with Crippen molar-refractivity contribution in [2.45, 2.75) is 56.9 Å². The number of carboxylic acids is 1. The summed E-state index contributed by atoms with van der Waals surface area (Å²) in [6.45, 7) is 2.65. The van der Waals surface area contributed by atoms with E-state index in [0.29, 0.717) is 19.4 Å². The van der Waals surface area contributed by atoms with Crippen molar-refractivity contribution in [2.75, 3.05) is 20.2 Å². The highest BCUT2D eigenvalue weighted by Crippen LogP contribution is 2.45. The van der Waals surface area contributed by atoms with Crippen molar-refractivity contribution in [3.63, 3.8) is 0 Å². The molecule has 0 aliphatic heterocycles. The highest BCUT2D eigenvalue weighted by atomic mass is 16.5.